The monoisotopic (exact) mass is 572 g/mol. The number of benzene rings is 1. The molecule has 7 nitrogen and oxygen atoms in total. The highest BCUT2D eigenvalue weighted by Gasteiger charge is 2.23. The minimum atomic E-state index is -0.0457. The second-order valence-corrected chi connectivity index (χ2v) is 8.70. The maximum absolute atomic E-state index is 11.7. The lowest BCUT2D eigenvalue weighted by Gasteiger charge is -2.15. The number of halogens is 1. The van der Waals surface area contributed by atoms with Crippen molar-refractivity contribution in [1.82, 2.24) is 16.0 Å². The molecule has 0 spiro atoms. The fourth-order valence-corrected chi connectivity index (χ4v) is 3.85. The molecular formula is C25H41IN4O3. The Kier molecular flexibility index (Phi) is 13.5. The smallest absolute Gasteiger partial charge is 0.258 e. The number of guanidine groups is 1. The number of carbonyl (C=O) groups is 1. The summed E-state index contributed by atoms with van der Waals surface area (Å²) in [7, 11) is 0. The SMILES string of the molecule is CCNC(=NCCOC1CCCCCC1)NCCc1ccc(OCC(=O)NC2CC2)cc1.I. The molecule has 0 bridgehead atoms. The van der Waals surface area contributed by atoms with Crippen molar-refractivity contribution in [3.8, 4) is 5.75 Å². The van der Waals surface area contributed by atoms with Gasteiger partial charge in [0.15, 0.2) is 12.6 Å². The molecule has 1 aromatic carbocycles. The quantitative estimate of drug-likeness (QED) is 0.117. The molecule has 0 heterocycles. The summed E-state index contributed by atoms with van der Waals surface area (Å²) >= 11 is 0. The van der Waals surface area contributed by atoms with E-state index in [9.17, 15) is 4.79 Å². The van der Waals surface area contributed by atoms with Crippen LogP contribution in [0.15, 0.2) is 29.3 Å². The summed E-state index contributed by atoms with van der Waals surface area (Å²) in [4.78, 5) is 16.4. The Hall–Kier alpha value is -1.55. The number of rotatable bonds is 12. The van der Waals surface area contributed by atoms with Crippen LogP contribution in [0.5, 0.6) is 5.75 Å². The van der Waals surface area contributed by atoms with Gasteiger partial charge in [-0.15, -0.1) is 24.0 Å². The van der Waals surface area contributed by atoms with Gasteiger partial charge in [-0.1, -0.05) is 37.8 Å². The molecule has 33 heavy (non-hydrogen) atoms. The van der Waals surface area contributed by atoms with E-state index in [0.29, 0.717) is 25.3 Å². The Labute approximate surface area is 215 Å². The lowest BCUT2D eigenvalue weighted by molar-refractivity contribution is -0.123. The molecule has 8 heteroatoms. The normalized spacial score (nSPS) is 16.9. The molecule has 2 saturated carbocycles. The van der Waals surface area contributed by atoms with E-state index in [1.165, 1.54) is 44.1 Å². The van der Waals surface area contributed by atoms with Crippen LogP contribution in [0.4, 0.5) is 0 Å². The van der Waals surface area contributed by atoms with Gasteiger partial charge in [0.2, 0.25) is 0 Å². The summed E-state index contributed by atoms with van der Waals surface area (Å²) in [6.45, 7) is 5.12. The highest BCUT2D eigenvalue weighted by molar-refractivity contribution is 14.0. The van der Waals surface area contributed by atoms with E-state index in [-0.39, 0.29) is 36.5 Å². The molecule has 0 unspecified atom stereocenters. The summed E-state index contributed by atoms with van der Waals surface area (Å²) in [5.74, 6) is 1.51. The summed E-state index contributed by atoms with van der Waals surface area (Å²) in [5, 5.41) is 9.62. The zero-order valence-corrected chi connectivity index (χ0v) is 22.3. The minimum absolute atomic E-state index is 0. The van der Waals surface area contributed by atoms with Gasteiger partial charge in [-0.2, -0.15) is 0 Å². The van der Waals surface area contributed by atoms with Crippen molar-refractivity contribution in [2.75, 3.05) is 32.8 Å². The topological polar surface area (TPSA) is 84.0 Å². The van der Waals surface area contributed by atoms with Crippen molar-refractivity contribution in [1.29, 1.82) is 0 Å². The van der Waals surface area contributed by atoms with Crippen molar-refractivity contribution >= 4 is 35.8 Å². The summed E-state index contributed by atoms with van der Waals surface area (Å²) in [6, 6.07) is 8.29. The number of nitrogens with zero attached hydrogens (tertiary/aromatic N) is 1. The predicted octanol–water partition coefficient (Wildman–Crippen LogP) is 3.80. The Morgan fingerprint density at radius 3 is 2.42 bits per heavy atom. The number of hydrogen-bond acceptors (Lipinski definition) is 4. The Bertz CT molecular complexity index is 702. The molecule has 2 fully saturated rings. The van der Waals surface area contributed by atoms with Crippen molar-refractivity contribution in [2.45, 2.75) is 76.9 Å². The van der Waals surface area contributed by atoms with Crippen molar-refractivity contribution < 1.29 is 14.3 Å². The van der Waals surface area contributed by atoms with E-state index in [2.05, 4.69) is 27.9 Å². The van der Waals surface area contributed by atoms with E-state index in [4.69, 9.17) is 9.47 Å². The van der Waals surface area contributed by atoms with Crippen LogP contribution in [-0.2, 0) is 16.0 Å². The first-order valence-corrected chi connectivity index (χ1v) is 12.4. The third-order valence-corrected chi connectivity index (χ3v) is 5.80. The molecule has 0 saturated heterocycles. The zero-order chi connectivity index (χ0) is 22.4. The number of ether oxygens (including phenoxy) is 2. The van der Waals surface area contributed by atoms with Gasteiger partial charge in [0.25, 0.3) is 5.91 Å². The van der Waals surface area contributed by atoms with E-state index in [1.54, 1.807) is 0 Å². The highest BCUT2D eigenvalue weighted by atomic mass is 127. The number of amides is 1. The molecule has 3 N–H and O–H groups in total. The van der Waals surface area contributed by atoms with Crippen LogP contribution in [0.1, 0.15) is 63.9 Å². The number of hydrogen-bond donors (Lipinski definition) is 3. The predicted molar refractivity (Wildman–Crippen MR) is 144 cm³/mol. The van der Waals surface area contributed by atoms with Crippen molar-refractivity contribution in [2.24, 2.45) is 4.99 Å². The van der Waals surface area contributed by atoms with Gasteiger partial charge in [0.1, 0.15) is 5.75 Å². The Morgan fingerprint density at radius 1 is 1.03 bits per heavy atom. The third kappa shape index (κ3) is 11.9. The molecule has 1 amide bonds. The minimum Gasteiger partial charge on any atom is -0.484 e. The average Bonchev–Trinajstić information content (AvgIpc) is 3.64. The lowest BCUT2D eigenvalue weighted by Crippen LogP contribution is -2.38. The van der Waals surface area contributed by atoms with Gasteiger partial charge in [-0.3, -0.25) is 9.79 Å². The standard InChI is InChI=1S/C25H40N4O3.HI/c1-2-26-25(28-17-18-31-22-7-5-3-4-6-8-22)27-16-15-20-9-13-23(14-10-20)32-19-24(30)29-21-11-12-21;/h9-10,13-14,21-22H,2-8,11-12,15-19H2,1H3,(H,29,30)(H2,26,27,28);1H. The molecule has 0 aromatic heterocycles. The van der Waals surface area contributed by atoms with Crippen molar-refractivity contribution in [3.63, 3.8) is 0 Å². The maximum atomic E-state index is 11.7. The van der Waals surface area contributed by atoms with Gasteiger partial charge >= 0.3 is 0 Å². The highest BCUT2D eigenvalue weighted by Crippen LogP contribution is 2.20. The molecule has 1 aromatic rings. The van der Waals surface area contributed by atoms with Gasteiger partial charge in [0, 0.05) is 19.1 Å². The van der Waals surface area contributed by atoms with E-state index >= 15 is 0 Å². The maximum Gasteiger partial charge on any atom is 0.258 e. The van der Waals surface area contributed by atoms with Gasteiger partial charge in [-0.25, -0.2) is 0 Å². The fourth-order valence-electron chi connectivity index (χ4n) is 3.85. The Balaban J connectivity index is 0.00000385. The molecule has 2 aliphatic carbocycles. The zero-order valence-electron chi connectivity index (χ0n) is 19.9. The first-order chi connectivity index (χ1) is 15.7. The molecule has 186 valence electrons. The van der Waals surface area contributed by atoms with Crippen LogP contribution in [-0.4, -0.2) is 56.9 Å². The number of carbonyl (C=O) groups excluding carboxylic acids is 1. The second kappa shape index (κ2) is 16.1. The summed E-state index contributed by atoms with van der Waals surface area (Å²) in [5.41, 5.74) is 1.21. The fraction of sp³-hybridized carbons (Fsp3) is 0.680. The third-order valence-electron chi connectivity index (χ3n) is 5.80. The molecular weight excluding hydrogens is 531 g/mol. The summed E-state index contributed by atoms with van der Waals surface area (Å²) in [6.07, 6.45) is 11.1. The van der Waals surface area contributed by atoms with E-state index < -0.39 is 0 Å². The first-order valence-electron chi connectivity index (χ1n) is 12.4. The summed E-state index contributed by atoms with van der Waals surface area (Å²) < 4.78 is 11.6. The molecule has 2 aliphatic rings. The van der Waals surface area contributed by atoms with E-state index in [1.807, 2.05) is 24.3 Å². The molecule has 0 atom stereocenters. The number of nitrogens with one attached hydrogen (secondary N) is 3. The largest absolute Gasteiger partial charge is 0.484 e. The van der Waals surface area contributed by atoms with Crippen LogP contribution in [0.3, 0.4) is 0 Å². The second-order valence-electron chi connectivity index (χ2n) is 8.70. The lowest BCUT2D eigenvalue weighted by atomic mass is 10.1. The van der Waals surface area contributed by atoms with Crippen LogP contribution in [0, 0.1) is 0 Å². The van der Waals surface area contributed by atoms with Crippen LogP contribution >= 0.6 is 24.0 Å². The molecule has 3 rings (SSSR count). The van der Waals surface area contributed by atoms with Gasteiger partial charge in [0.05, 0.1) is 19.3 Å². The molecule has 0 aliphatic heterocycles. The van der Waals surface area contributed by atoms with Crippen molar-refractivity contribution in [3.05, 3.63) is 29.8 Å². The molecule has 0 radical (unpaired) electrons. The van der Waals surface area contributed by atoms with Gasteiger partial charge < -0.3 is 25.4 Å². The number of aliphatic imine (C=N–C) groups is 1. The first kappa shape index (κ1) is 27.7. The van der Waals surface area contributed by atoms with Crippen LogP contribution in [0.25, 0.3) is 0 Å². The van der Waals surface area contributed by atoms with E-state index in [0.717, 1.165) is 44.1 Å². The average molecular weight is 573 g/mol. The van der Waals surface area contributed by atoms with Gasteiger partial charge in [-0.05, 0) is 56.7 Å². The van der Waals surface area contributed by atoms with Crippen LogP contribution < -0.4 is 20.7 Å². The Morgan fingerprint density at radius 2 is 1.76 bits per heavy atom. The van der Waals surface area contributed by atoms with Crippen LogP contribution in [0.2, 0.25) is 0 Å².